The molecule has 0 aromatic heterocycles. The first-order chi connectivity index (χ1) is 12.0. The Morgan fingerprint density at radius 1 is 1.20 bits per heavy atom. The van der Waals surface area contributed by atoms with Crippen molar-refractivity contribution < 1.29 is 9.72 Å². The summed E-state index contributed by atoms with van der Waals surface area (Å²) >= 11 is 6.48. The van der Waals surface area contributed by atoms with Crippen LogP contribution in [0.15, 0.2) is 53.4 Å². The molecule has 0 N–H and O–H groups in total. The molecule has 7 heteroatoms. The summed E-state index contributed by atoms with van der Waals surface area (Å²) in [6.07, 6.45) is 1.53. The van der Waals surface area contributed by atoms with Gasteiger partial charge >= 0.3 is 0 Å². The second-order valence-electron chi connectivity index (χ2n) is 5.57. The van der Waals surface area contributed by atoms with Gasteiger partial charge in [0.2, 0.25) is 0 Å². The van der Waals surface area contributed by atoms with Gasteiger partial charge in [0.05, 0.1) is 21.9 Å². The fourth-order valence-corrected chi connectivity index (χ4v) is 3.68. The maximum atomic E-state index is 12.7. The molecule has 1 aliphatic heterocycles. The van der Waals surface area contributed by atoms with Crippen LogP contribution in [0, 0.1) is 17.0 Å². The van der Waals surface area contributed by atoms with E-state index in [1.807, 2.05) is 31.2 Å². The molecule has 1 amide bonds. The van der Waals surface area contributed by atoms with Gasteiger partial charge in [0, 0.05) is 6.07 Å². The van der Waals surface area contributed by atoms with Crippen LogP contribution in [0.5, 0.6) is 0 Å². The number of hydrogen-bond acceptors (Lipinski definition) is 5. The molecule has 0 unspecified atom stereocenters. The van der Waals surface area contributed by atoms with E-state index < -0.39 is 4.92 Å². The minimum atomic E-state index is -0.459. The molecule has 126 valence electrons. The van der Waals surface area contributed by atoms with Crippen molar-refractivity contribution in [1.82, 2.24) is 4.90 Å². The second kappa shape index (κ2) is 7.16. The summed E-state index contributed by atoms with van der Waals surface area (Å²) in [7, 11) is 0. The van der Waals surface area contributed by atoms with Crippen molar-refractivity contribution in [3.8, 4) is 0 Å². The van der Waals surface area contributed by atoms with Gasteiger partial charge in [-0.3, -0.25) is 19.8 Å². The number of para-hydroxylation sites is 1. The summed E-state index contributed by atoms with van der Waals surface area (Å²) in [5, 5.41) is 11.1. The third-order valence-corrected chi connectivity index (χ3v) is 5.13. The summed E-state index contributed by atoms with van der Waals surface area (Å²) in [6.45, 7) is 2.39. The van der Waals surface area contributed by atoms with Crippen LogP contribution in [0.1, 0.15) is 16.7 Å². The maximum Gasteiger partial charge on any atom is 0.276 e. The average Bonchev–Trinajstić information content (AvgIpc) is 2.84. The molecule has 3 rings (SSSR count). The third-order valence-electron chi connectivity index (χ3n) is 3.75. The minimum absolute atomic E-state index is 0.0358. The Morgan fingerprint density at radius 3 is 2.56 bits per heavy atom. The van der Waals surface area contributed by atoms with Crippen LogP contribution < -0.4 is 0 Å². The molecule has 1 fully saturated rings. The summed E-state index contributed by atoms with van der Waals surface area (Å²) in [5.41, 5.74) is 2.48. The van der Waals surface area contributed by atoms with Crippen molar-refractivity contribution in [3.63, 3.8) is 0 Å². The zero-order valence-corrected chi connectivity index (χ0v) is 15.0. The molecule has 5 nitrogen and oxygen atoms in total. The lowest BCUT2D eigenvalue weighted by Gasteiger charge is -2.14. The van der Waals surface area contributed by atoms with E-state index in [1.165, 1.54) is 28.8 Å². The lowest BCUT2D eigenvalue weighted by molar-refractivity contribution is -0.385. The summed E-state index contributed by atoms with van der Waals surface area (Å²) in [5.74, 6) is -0.228. The van der Waals surface area contributed by atoms with E-state index in [2.05, 4.69) is 0 Å². The van der Waals surface area contributed by atoms with E-state index in [4.69, 9.17) is 12.2 Å². The Labute approximate surface area is 154 Å². The highest BCUT2D eigenvalue weighted by Gasteiger charge is 2.32. The molecule has 2 aromatic rings. The van der Waals surface area contributed by atoms with Gasteiger partial charge in [-0.2, -0.15) is 0 Å². The van der Waals surface area contributed by atoms with E-state index in [-0.39, 0.29) is 11.6 Å². The number of nitrogens with zero attached hydrogens (tertiary/aromatic N) is 2. The molecule has 0 spiro atoms. The largest absolute Gasteiger partial charge is 0.288 e. The topological polar surface area (TPSA) is 63.5 Å². The molecule has 2 aromatic carbocycles. The van der Waals surface area contributed by atoms with Crippen LogP contribution in [-0.2, 0) is 11.3 Å². The first-order valence-corrected chi connectivity index (χ1v) is 8.72. The number of rotatable bonds is 4. The fourth-order valence-electron chi connectivity index (χ4n) is 2.43. The maximum absolute atomic E-state index is 12.7. The summed E-state index contributed by atoms with van der Waals surface area (Å²) < 4.78 is 0.454. The van der Waals surface area contributed by atoms with Gasteiger partial charge in [0.25, 0.3) is 11.6 Å². The van der Waals surface area contributed by atoms with Gasteiger partial charge in [0.15, 0.2) is 0 Å². The Morgan fingerprint density at radius 2 is 1.88 bits per heavy atom. The number of benzene rings is 2. The summed E-state index contributed by atoms with van der Waals surface area (Å²) in [6, 6.07) is 14.2. The van der Waals surface area contributed by atoms with Crippen molar-refractivity contribution in [2.45, 2.75) is 13.5 Å². The number of aryl methyl sites for hydroxylation is 1. The third kappa shape index (κ3) is 3.78. The standard InChI is InChI=1S/C18H14N2O3S2/c1-12-6-8-13(9-7-12)11-19-17(21)16(25-18(19)24)10-14-4-2-3-5-15(14)20(22)23/h2-10H,11H2,1H3. The Kier molecular flexibility index (Phi) is 4.96. The minimum Gasteiger partial charge on any atom is -0.288 e. The molecule has 0 saturated carbocycles. The number of nitro groups is 1. The van der Waals surface area contributed by atoms with E-state index in [9.17, 15) is 14.9 Å². The molecule has 0 radical (unpaired) electrons. The van der Waals surface area contributed by atoms with E-state index in [0.717, 1.165) is 11.1 Å². The van der Waals surface area contributed by atoms with Crippen LogP contribution in [-0.4, -0.2) is 20.1 Å². The monoisotopic (exact) mass is 370 g/mol. The molecule has 0 bridgehead atoms. The van der Waals surface area contributed by atoms with Crippen molar-refractivity contribution in [2.75, 3.05) is 0 Å². The van der Waals surface area contributed by atoms with E-state index >= 15 is 0 Å². The van der Waals surface area contributed by atoms with Crippen molar-refractivity contribution in [1.29, 1.82) is 0 Å². The van der Waals surface area contributed by atoms with Gasteiger partial charge in [0.1, 0.15) is 4.32 Å². The predicted molar refractivity (Wildman–Crippen MR) is 103 cm³/mol. The zero-order valence-electron chi connectivity index (χ0n) is 13.3. The average molecular weight is 370 g/mol. The quantitative estimate of drug-likeness (QED) is 0.347. The smallest absolute Gasteiger partial charge is 0.276 e. The highest BCUT2D eigenvalue weighted by atomic mass is 32.2. The highest BCUT2D eigenvalue weighted by molar-refractivity contribution is 8.26. The van der Waals surface area contributed by atoms with Gasteiger partial charge in [-0.1, -0.05) is 65.9 Å². The van der Waals surface area contributed by atoms with E-state index in [0.29, 0.717) is 21.3 Å². The van der Waals surface area contributed by atoms with Crippen molar-refractivity contribution in [2.24, 2.45) is 0 Å². The van der Waals surface area contributed by atoms with Crippen molar-refractivity contribution >= 4 is 46.0 Å². The number of thioether (sulfide) groups is 1. The number of amides is 1. The van der Waals surface area contributed by atoms with Crippen LogP contribution in [0.2, 0.25) is 0 Å². The van der Waals surface area contributed by atoms with Crippen LogP contribution in [0.25, 0.3) is 6.08 Å². The molecule has 1 saturated heterocycles. The fraction of sp³-hybridized carbons (Fsp3) is 0.111. The highest BCUT2D eigenvalue weighted by Crippen LogP contribution is 2.35. The normalized spacial score (nSPS) is 15.9. The molecule has 25 heavy (non-hydrogen) atoms. The predicted octanol–water partition coefficient (Wildman–Crippen LogP) is 4.30. The van der Waals surface area contributed by atoms with Crippen LogP contribution in [0.3, 0.4) is 0 Å². The number of thiocarbonyl (C=S) groups is 1. The van der Waals surface area contributed by atoms with Gasteiger partial charge in [-0.05, 0) is 24.6 Å². The van der Waals surface area contributed by atoms with Gasteiger partial charge in [-0.15, -0.1) is 0 Å². The van der Waals surface area contributed by atoms with Gasteiger partial charge < -0.3 is 0 Å². The van der Waals surface area contributed by atoms with E-state index in [1.54, 1.807) is 18.2 Å². The second-order valence-corrected chi connectivity index (χ2v) is 7.25. The first kappa shape index (κ1) is 17.3. The zero-order chi connectivity index (χ0) is 18.0. The Hall–Kier alpha value is -2.51. The summed E-state index contributed by atoms with van der Waals surface area (Å²) in [4.78, 5) is 25.2. The van der Waals surface area contributed by atoms with Gasteiger partial charge in [-0.25, -0.2) is 0 Å². The molecular formula is C18H14N2O3S2. The first-order valence-electron chi connectivity index (χ1n) is 7.50. The molecule has 1 heterocycles. The lowest BCUT2D eigenvalue weighted by Crippen LogP contribution is -2.27. The number of nitro benzene ring substituents is 1. The number of hydrogen-bond donors (Lipinski definition) is 0. The number of carbonyl (C=O) groups excluding carboxylic acids is 1. The number of carbonyl (C=O) groups is 1. The Bertz CT molecular complexity index is 891. The molecule has 0 aliphatic carbocycles. The molecular weight excluding hydrogens is 356 g/mol. The molecule has 1 aliphatic rings. The van der Waals surface area contributed by atoms with Crippen LogP contribution in [0.4, 0.5) is 5.69 Å². The van der Waals surface area contributed by atoms with Crippen molar-refractivity contribution in [3.05, 3.63) is 80.2 Å². The Balaban J connectivity index is 1.86. The molecule has 0 atom stereocenters. The van der Waals surface area contributed by atoms with Crippen LogP contribution >= 0.6 is 24.0 Å². The SMILES string of the molecule is Cc1ccc(CN2C(=O)C(=Cc3ccccc3[N+](=O)[O-])SC2=S)cc1. The lowest BCUT2D eigenvalue weighted by atomic mass is 10.1.